The van der Waals surface area contributed by atoms with Crippen molar-refractivity contribution in [1.82, 2.24) is 10.3 Å². The number of H-pyrrole nitrogens is 1. The molecule has 4 rings (SSSR count). The first kappa shape index (κ1) is 24.2. The fourth-order valence-electron chi connectivity index (χ4n) is 4.13. The molecule has 0 saturated heterocycles. The van der Waals surface area contributed by atoms with Crippen LogP contribution in [0.2, 0.25) is 0 Å². The Hall–Kier alpha value is -3.97. The van der Waals surface area contributed by atoms with Crippen LogP contribution in [0.3, 0.4) is 0 Å². The van der Waals surface area contributed by atoms with Gasteiger partial charge in [0.1, 0.15) is 5.82 Å². The Labute approximate surface area is 203 Å². The van der Waals surface area contributed by atoms with E-state index in [1.54, 1.807) is 6.07 Å². The molecule has 0 aliphatic rings. The Balaban J connectivity index is 1.79. The number of carboxylic acids is 1. The predicted molar refractivity (Wildman–Crippen MR) is 136 cm³/mol. The highest BCUT2D eigenvalue weighted by Gasteiger charge is 2.19. The van der Waals surface area contributed by atoms with Crippen LogP contribution in [0.5, 0.6) is 5.88 Å². The Morgan fingerprint density at radius 1 is 1.09 bits per heavy atom. The maximum atomic E-state index is 13.8. The smallest absolute Gasteiger partial charge is 0.303 e. The average molecular weight is 474 g/mol. The second kappa shape index (κ2) is 10.5. The highest BCUT2D eigenvalue weighted by Crippen LogP contribution is 2.32. The summed E-state index contributed by atoms with van der Waals surface area (Å²) in [6.45, 7) is 5.03. The van der Waals surface area contributed by atoms with Crippen LogP contribution in [-0.2, 0) is 11.2 Å². The number of aliphatic carboxylic acids is 1. The van der Waals surface area contributed by atoms with Gasteiger partial charge in [-0.1, -0.05) is 43.3 Å². The minimum absolute atomic E-state index is 0.0484. The van der Waals surface area contributed by atoms with Crippen LogP contribution in [0.1, 0.15) is 48.6 Å². The molecule has 1 aromatic heterocycles. The number of halogens is 1. The van der Waals surface area contributed by atoms with E-state index in [0.717, 1.165) is 23.2 Å². The van der Waals surface area contributed by atoms with Crippen molar-refractivity contribution in [3.63, 3.8) is 0 Å². The molecule has 4 N–H and O–H groups in total. The summed E-state index contributed by atoms with van der Waals surface area (Å²) in [5.74, 6) is -1.35. The first-order chi connectivity index (χ1) is 16.9. The number of fused-ring (bicyclic) bond motifs is 1. The largest absolute Gasteiger partial charge is 0.494 e. The number of aryl methyl sites for hydroxylation is 1. The zero-order valence-corrected chi connectivity index (χ0v) is 19.7. The van der Waals surface area contributed by atoms with Crippen LogP contribution in [0.15, 0.2) is 71.7 Å². The maximum Gasteiger partial charge on any atom is 0.303 e. The minimum atomic E-state index is -0.848. The molecule has 6 nitrogen and oxygen atoms in total. The lowest BCUT2D eigenvalue weighted by molar-refractivity contribution is -0.136. The number of aliphatic imine (C=N–C) groups is 1. The van der Waals surface area contributed by atoms with Gasteiger partial charge < -0.3 is 20.5 Å². The molecule has 0 amide bonds. The predicted octanol–water partition coefficient (Wildman–Crippen LogP) is 5.87. The van der Waals surface area contributed by atoms with Gasteiger partial charge >= 0.3 is 5.97 Å². The van der Waals surface area contributed by atoms with Gasteiger partial charge in [0.2, 0.25) is 0 Å². The van der Waals surface area contributed by atoms with Gasteiger partial charge in [-0.3, -0.25) is 4.79 Å². The van der Waals surface area contributed by atoms with E-state index in [-0.39, 0.29) is 18.3 Å². The van der Waals surface area contributed by atoms with Gasteiger partial charge in [-0.05, 0) is 61.3 Å². The second-order valence-corrected chi connectivity index (χ2v) is 8.46. The minimum Gasteiger partial charge on any atom is -0.494 e. The van der Waals surface area contributed by atoms with Crippen molar-refractivity contribution in [2.24, 2.45) is 4.99 Å². The van der Waals surface area contributed by atoms with Crippen LogP contribution in [0, 0.1) is 5.82 Å². The van der Waals surface area contributed by atoms with E-state index >= 15 is 0 Å². The fraction of sp³-hybridized carbons (Fsp3) is 0.214. The lowest BCUT2D eigenvalue weighted by Crippen LogP contribution is -2.17. The van der Waals surface area contributed by atoms with Gasteiger partial charge in [0, 0.05) is 23.4 Å². The molecule has 4 aromatic rings. The van der Waals surface area contributed by atoms with Gasteiger partial charge in [0.25, 0.3) is 0 Å². The molecule has 3 aromatic carbocycles. The van der Waals surface area contributed by atoms with Gasteiger partial charge in [0.15, 0.2) is 5.88 Å². The number of hydrogen-bond acceptors (Lipinski definition) is 4. The molecule has 0 aliphatic heterocycles. The molecule has 1 atom stereocenters. The number of rotatable bonds is 9. The third-order valence-electron chi connectivity index (χ3n) is 5.98. The highest BCUT2D eigenvalue weighted by molar-refractivity contribution is 6.21. The van der Waals surface area contributed by atoms with E-state index in [4.69, 9.17) is 10.1 Å². The third kappa shape index (κ3) is 5.58. The first-order valence-corrected chi connectivity index (χ1v) is 11.6. The summed E-state index contributed by atoms with van der Waals surface area (Å²) in [6.07, 6.45) is 0.470. The Bertz CT molecular complexity index is 1360. The molecule has 180 valence electrons. The number of nitrogens with one attached hydrogen (secondary N) is 2. The van der Waals surface area contributed by atoms with Crippen LogP contribution >= 0.6 is 0 Å². The van der Waals surface area contributed by atoms with E-state index in [0.29, 0.717) is 34.3 Å². The Morgan fingerprint density at radius 2 is 1.80 bits per heavy atom. The molecule has 0 fully saturated rings. The molecule has 0 bridgehead atoms. The Kier molecular flexibility index (Phi) is 7.27. The third-order valence-corrected chi connectivity index (χ3v) is 5.98. The van der Waals surface area contributed by atoms with Crippen molar-refractivity contribution >= 4 is 28.3 Å². The topological polar surface area (TPSA) is 97.7 Å². The molecular formula is C28H28FN3O3. The zero-order valence-electron chi connectivity index (χ0n) is 19.7. The van der Waals surface area contributed by atoms with E-state index in [9.17, 15) is 14.3 Å². The number of aromatic nitrogens is 1. The fourth-order valence-corrected chi connectivity index (χ4v) is 4.13. The van der Waals surface area contributed by atoms with E-state index < -0.39 is 11.8 Å². The molecule has 35 heavy (non-hydrogen) atoms. The summed E-state index contributed by atoms with van der Waals surface area (Å²) in [5, 5.41) is 23.8. The SMILES string of the molecule is CCNC(C)c1ccc(N=C(c2ccc(CCC(=O)O)cc2)c2c(O)[nH]c3cc(F)ccc23)cc1. The van der Waals surface area contributed by atoms with E-state index in [1.807, 2.05) is 48.5 Å². The van der Waals surface area contributed by atoms with Crippen LogP contribution in [0.25, 0.3) is 10.9 Å². The Morgan fingerprint density at radius 3 is 2.46 bits per heavy atom. The van der Waals surface area contributed by atoms with Crippen molar-refractivity contribution in [2.45, 2.75) is 32.7 Å². The van der Waals surface area contributed by atoms with Crippen LogP contribution < -0.4 is 5.32 Å². The second-order valence-electron chi connectivity index (χ2n) is 8.46. The molecule has 1 unspecified atom stereocenters. The van der Waals surface area contributed by atoms with Crippen molar-refractivity contribution in [1.29, 1.82) is 0 Å². The van der Waals surface area contributed by atoms with Crippen molar-refractivity contribution in [3.8, 4) is 5.88 Å². The number of carboxylic acid groups (broad SMARTS) is 1. The number of aromatic amines is 1. The van der Waals surface area contributed by atoms with Gasteiger partial charge in [-0.2, -0.15) is 0 Å². The average Bonchev–Trinajstić information content (AvgIpc) is 3.16. The lowest BCUT2D eigenvalue weighted by Gasteiger charge is -2.13. The summed E-state index contributed by atoms with van der Waals surface area (Å²) in [5.41, 5.74) is 4.95. The maximum absolute atomic E-state index is 13.8. The van der Waals surface area contributed by atoms with Gasteiger partial charge in [0.05, 0.1) is 22.5 Å². The van der Waals surface area contributed by atoms with Crippen molar-refractivity contribution in [3.05, 3.63) is 94.8 Å². The zero-order chi connectivity index (χ0) is 24.9. The molecular weight excluding hydrogens is 445 g/mol. The summed E-state index contributed by atoms with van der Waals surface area (Å²) in [7, 11) is 0. The summed E-state index contributed by atoms with van der Waals surface area (Å²) in [4.78, 5) is 18.6. The normalized spacial score (nSPS) is 12.7. The van der Waals surface area contributed by atoms with Crippen molar-refractivity contribution < 1.29 is 19.4 Å². The van der Waals surface area contributed by atoms with Gasteiger partial charge in [-0.15, -0.1) is 0 Å². The molecule has 1 heterocycles. The van der Waals surface area contributed by atoms with E-state index in [2.05, 4.69) is 24.1 Å². The molecule has 0 radical (unpaired) electrons. The summed E-state index contributed by atoms with van der Waals surface area (Å²) >= 11 is 0. The number of carbonyl (C=O) groups is 1. The van der Waals surface area contributed by atoms with Crippen LogP contribution in [-0.4, -0.2) is 33.4 Å². The molecule has 0 spiro atoms. The quantitative estimate of drug-likeness (QED) is 0.229. The number of hydrogen-bond donors (Lipinski definition) is 4. The van der Waals surface area contributed by atoms with Crippen molar-refractivity contribution in [2.75, 3.05) is 6.54 Å². The van der Waals surface area contributed by atoms with E-state index in [1.165, 1.54) is 12.1 Å². The highest BCUT2D eigenvalue weighted by atomic mass is 19.1. The number of benzene rings is 3. The molecule has 0 saturated carbocycles. The number of aromatic hydroxyl groups is 1. The summed E-state index contributed by atoms with van der Waals surface area (Å²) in [6, 6.07) is 19.8. The summed E-state index contributed by atoms with van der Waals surface area (Å²) < 4.78 is 13.8. The first-order valence-electron chi connectivity index (χ1n) is 11.6. The molecule has 0 aliphatic carbocycles. The number of nitrogens with zero attached hydrogens (tertiary/aromatic N) is 1. The molecule has 7 heteroatoms. The standard InChI is InChI=1S/C28H28FN3O3/c1-3-30-17(2)19-9-12-22(13-10-19)31-27(20-7-4-18(5-8-20)6-15-25(33)34)26-23-14-11-21(29)16-24(23)32-28(26)35/h4-5,7-14,16-17,30,32,35H,3,6,15H2,1-2H3,(H,33,34). The monoisotopic (exact) mass is 473 g/mol. The van der Waals surface area contributed by atoms with Gasteiger partial charge in [-0.25, -0.2) is 9.38 Å². The lowest BCUT2D eigenvalue weighted by atomic mass is 9.98. The van der Waals surface area contributed by atoms with Crippen LogP contribution in [0.4, 0.5) is 10.1 Å².